The van der Waals surface area contributed by atoms with Crippen LogP contribution in [0.3, 0.4) is 0 Å². The first-order valence-corrected chi connectivity index (χ1v) is 5.27. The van der Waals surface area contributed by atoms with Gasteiger partial charge in [-0.3, -0.25) is 0 Å². The lowest BCUT2D eigenvalue weighted by atomic mass is 9.90. The van der Waals surface area contributed by atoms with Crippen molar-refractivity contribution in [1.29, 1.82) is 0 Å². The van der Waals surface area contributed by atoms with Gasteiger partial charge in [0.2, 0.25) is 5.95 Å². The largest absolute Gasteiger partial charge is 0.465 e. The van der Waals surface area contributed by atoms with Gasteiger partial charge < -0.3 is 10.0 Å². The van der Waals surface area contributed by atoms with Crippen LogP contribution in [0.4, 0.5) is 9.18 Å². The number of pyridine rings is 1. The Morgan fingerprint density at radius 3 is 2.75 bits per heavy atom. The Hall–Kier alpha value is -1.65. The highest BCUT2D eigenvalue weighted by molar-refractivity contribution is 5.65. The summed E-state index contributed by atoms with van der Waals surface area (Å²) >= 11 is 0. The number of hydrogen-bond acceptors (Lipinski definition) is 2. The van der Waals surface area contributed by atoms with Gasteiger partial charge in [-0.1, -0.05) is 6.07 Å². The Labute approximate surface area is 92.7 Å². The van der Waals surface area contributed by atoms with Crippen LogP contribution in [0.1, 0.15) is 24.3 Å². The summed E-state index contributed by atoms with van der Waals surface area (Å²) in [5, 5.41) is 8.79. The van der Waals surface area contributed by atoms with E-state index < -0.39 is 12.0 Å². The van der Waals surface area contributed by atoms with Crippen molar-refractivity contribution in [3.05, 3.63) is 29.8 Å². The summed E-state index contributed by atoms with van der Waals surface area (Å²) in [6.45, 7) is 0.933. The molecule has 2 heterocycles. The highest BCUT2D eigenvalue weighted by atomic mass is 19.1. The molecule has 16 heavy (non-hydrogen) atoms. The monoisotopic (exact) mass is 224 g/mol. The van der Waals surface area contributed by atoms with Gasteiger partial charge in [0, 0.05) is 24.8 Å². The second-order valence-corrected chi connectivity index (χ2v) is 3.93. The summed E-state index contributed by atoms with van der Waals surface area (Å²) in [4.78, 5) is 15.7. The topological polar surface area (TPSA) is 53.4 Å². The predicted octanol–water partition coefficient (Wildman–Crippen LogP) is 2.08. The number of likely N-dealkylation sites (tertiary alicyclic amines) is 1. The Kier molecular flexibility index (Phi) is 3.03. The van der Waals surface area contributed by atoms with Crippen LogP contribution in [0.5, 0.6) is 0 Å². The molecule has 0 aromatic carbocycles. The van der Waals surface area contributed by atoms with Crippen LogP contribution in [-0.4, -0.2) is 34.2 Å². The molecule has 1 aromatic heterocycles. The molecule has 0 bridgehead atoms. The average molecular weight is 224 g/mol. The first-order valence-electron chi connectivity index (χ1n) is 5.27. The van der Waals surface area contributed by atoms with Crippen molar-refractivity contribution in [2.45, 2.75) is 18.8 Å². The van der Waals surface area contributed by atoms with E-state index in [1.54, 1.807) is 12.1 Å². The maximum absolute atomic E-state index is 13.4. The molecule has 0 atom stereocenters. The van der Waals surface area contributed by atoms with Crippen LogP contribution in [0, 0.1) is 5.95 Å². The minimum atomic E-state index is -0.898. The number of hydrogen-bond donors (Lipinski definition) is 1. The Balaban J connectivity index is 2.05. The zero-order valence-corrected chi connectivity index (χ0v) is 8.77. The van der Waals surface area contributed by atoms with E-state index in [1.165, 1.54) is 11.1 Å². The summed E-state index contributed by atoms with van der Waals surface area (Å²) < 4.78 is 13.4. The lowest BCUT2D eigenvalue weighted by molar-refractivity contribution is 0.131. The van der Waals surface area contributed by atoms with Crippen LogP contribution in [-0.2, 0) is 0 Å². The maximum Gasteiger partial charge on any atom is 0.407 e. The smallest absolute Gasteiger partial charge is 0.407 e. The fourth-order valence-electron chi connectivity index (χ4n) is 2.08. The fourth-order valence-corrected chi connectivity index (χ4v) is 2.08. The zero-order valence-electron chi connectivity index (χ0n) is 8.77. The van der Waals surface area contributed by atoms with E-state index in [1.807, 2.05) is 0 Å². The molecule has 5 heteroatoms. The molecular weight excluding hydrogens is 211 g/mol. The van der Waals surface area contributed by atoms with Crippen molar-refractivity contribution >= 4 is 6.09 Å². The summed E-state index contributed by atoms with van der Waals surface area (Å²) in [5.41, 5.74) is 0.604. The first-order chi connectivity index (χ1) is 7.68. The van der Waals surface area contributed by atoms with E-state index in [0.29, 0.717) is 31.5 Å². The fraction of sp³-hybridized carbons (Fsp3) is 0.455. The second-order valence-electron chi connectivity index (χ2n) is 3.93. The number of halogens is 1. The molecule has 2 rings (SSSR count). The summed E-state index contributed by atoms with van der Waals surface area (Å²) in [6.07, 6.45) is 1.85. The number of piperidine rings is 1. The molecule has 4 nitrogen and oxygen atoms in total. The van der Waals surface area contributed by atoms with Gasteiger partial charge in [-0.05, 0) is 24.8 Å². The van der Waals surface area contributed by atoms with E-state index in [-0.39, 0.29) is 5.92 Å². The molecule has 1 aromatic rings. The number of nitrogens with zero attached hydrogens (tertiary/aromatic N) is 2. The molecule has 0 spiro atoms. The number of carbonyl (C=O) groups is 1. The standard InChI is InChI=1S/C11H13FN2O2/c12-10-9(2-1-5-13-10)8-3-6-14(7-4-8)11(15)16/h1-2,5,8H,3-4,6-7H2,(H,15,16). The second kappa shape index (κ2) is 4.47. The van der Waals surface area contributed by atoms with E-state index in [9.17, 15) is 9.18 Å². The number of rotatable bonds is 1. The molecule has 0 aliphatic carbocycles. The maximum atomic E-state index is 13.4. The van der Waals surface area contributed by atoms with Crippen molar-refractivity contribution in [2.24, 2.45) is 0 Å². The zero-order chi connectivity index (χ0) is 11.5. The van der Waals surface area contributed by atoms with Gasteiger partial charge in [-0.2, -0.15) is 4.39 Å². The number of amides is 1. The molecule has 1 N–H and O–H groups in total. The van der Waals surface area contributed by atoms with Crippen LogP contribution in [0.2, 0.25) is 0 Å². The third-order valence-electron chi connectivity index (χ3n) is 2.99. The quantitative estimate of drug-likeness (QED) is 0.743. The SMILES string of the molecule is O=C(O)N1CCC(c2cccnc2F)CC1. The van der Waals surface area contributed by atoms with Gasteiger partial charge in [0.15, 0.2) is 0 Å². The molecule has 0 radical (unpaired) electrons. The normalized spacial score (nSPS) is 17.4. The molecule has 1 aliphatic heterocycles. The average Bonchev–Trinajstić information content (AvgIpc) is 2.30. The van der Waals surface area contributed by atoms with Crippen molar-refractivity contribution in [1.82, 2.24) is 9.88 Å². The highest BCUT2D eigenvalue weighted by Gasteiger charge is 2.25. The van der Waals surface area contributed by atoms with Gasteiger partial charge in [-0.15, -0.1) is 0 Å². The van der Waals surface area contributed by atoms with Crippen molar-refractivity contribution in [3.63, 3.8) is 0 Å². The molecule has 1 saturated heterocycles. The Morgan fingerprint density at radius 2 is 2.19 bits per heavy atom. The van der Waals surface area contributed by atoms with Gasteiger partial charge in [-0.25, -0.2) is 9.78 Å². The first kappa shape index (κ1) is 10.9. The van der Waals surface area contributed by atoms with E-state index in [4.69, 9.17) is 5.11 Å². The lowest BCUT2D eigenvalue weighted by Gasteiger charge is -2.30. The van der Waals surface area contributed by atoms with Crippen molar-refractivity contribution < 1.29 is 14.3 Å². The highest BCUT2D eigenvalue weighted by Crippen LogP contribution is 2.28. The third kappa shape index (κ3) is 2.13. The predicted molar refractivity (Wildman–Crippen MR) is 55.8 cm³/mol. The molecule has 86 valence electrons. The van der Waals surface area contributed by atoms with Gasteiger partial charge in [0.25, 0.3) is 0 Å². The summed E-state index contributed by atoms with van der Waals surface area (Å²) in [6, 6.07) is 3.44. The molecule has 1 aliphatic rings. The minimum absolute atomic E-state index is 0.0873. The number of carboxylic acid groups (broad SMARTS) is 1. The van der Waals surface area contributed by atoms with Crippen molar-refractivity contribution in [3.8, 4) is 0 Å². The minimum Gasteiger partial charge on any atom is -0.465 e. The van der Waals surface area contributed by atoms with Crippen LogP contribution >= 0.6 is 0 Å². The van der Waals surface area contributed by atoms with Gasteiger partial charge >= 0.3 is 6.09 Å². The molecule has 1 fully saturated rings. The van der Waals surface area contributed by atoms with Crippen LogP contribution in [0.15, 0.2) is 18.3 Å². The molecular formula is C11H13FN2O2. The van der Waals surface area contributed by atoms with Crippen LogP contribution < -0.4 is 0 Å². The van der Waals surface area contributed by atoms with Crippen molar-refractivity contribution in [2.75, 3.05) is 13.1 Å². The third-order valence-corrected chi connectivity index (χ3v) is 2.99. The van der Waals surface area contributed by atoms with Crippen LogP contribution in [0.25, 0.3) is 0 Å². The van der Waals surface area contributed by atoms with E-state index in [0.717, 1.165) is 0 Å². The molecule has 0 saturated carbocycles. The van der Waals surface area contributed by atoms with Gasteiger partial charge in [0.1, 0.15) is 0 Å². The summed E-state index contributed by atoms with van der Waals surface area (Å²) in [5.74, 6) is -0.347. The molecule has 0 unspecified atom stereocenters. The van der Waals surface area contributed by atoms with E-state index in [2.05, 4.69) is 4.98 Å². The van der Waals surface area contributed by atoms with Gasteiger partial charge in [0.05, 0.1) is 0 Å². The summed E-state index contributed by atoms with van der Waals surface area (Å²) in [7, 11) is 0. The number of aromatic nitrogens is 1. The lowest BCUT2D eigenvalue weighted by Crippen LogP contribution is -2.37. The Bertz CT molecular complexity index is 389. The molecule has 1 amide bonds. The van der Waals surface area contributed by atoms with E-state index >= 15 is 0 Å². The Morgan fingerprint density at radius 1 is 1.50 bits per heavy atom.